The van der Waals surface area contributed by atoms with Crippen molar-refractivity contribution in [3.63, 3.8) is 0 Å². The number of hydrogen-bond acceptors (Lipinski definition) is 4. The average molecular weight is 518 g/mol. The van der Waals surface area contributed by atoms with Crippen LogP contribution in [0.1, 0.15) is 44.6 Å². The Morgan fingerprint density at radius 1 is 1.39 bits per heavy atom. The predicted molar refractivity (Wildman–Crippen MR) is 126 cm³/mol. The minimum atomic E-state index is 0. The zero-order valence-electron chi connectivity index (χ0n) is 16.6. The van der Waals surface area contributed by atoms with E-state index >= 15 is 0 Å². The monoisotopic (exact) mass is 517 g/mol. The highest BCUT2D eigenvalue weighted by molar-refractivity contribution is 14.0. The maximum absolute atomic E-state index is 6.12. The number of halogens is 2. The first kappa shape index (κ1) is 22.8. The summed E-state index contributed by atoms with van der Waals surface area (Å²) in [6, 6.07) is 10.3. The summed E-state index contributed by atoms with van der Waals surface area (Å²) in [5.74, 6) is 1.94. The molecule has 28 heavy (non-hydrogen) atoms. The van der Waals surface area contributed by atoms with Crippen LogP contribution in [0.3, 0.4) is 0 Å². The van der Waals surface area contributed by atoms with Crippen LogP contribution in [0.4, 0.5) is 5.69 Å². The van der Waals surface area contributed by atoms with Crippen LogP contribution in [0, 0.1) is 0 Å². The second-order valence-corrected chi connectivity index (χ2v) is 7.56. The van der Waals surface area contributed by atoms with Crippen LogP contribution in [0.5, 0.6) is 0 Å². The molecular formula is C20H29ClIN5O. The molecule has 0 spiro atoms. The van der Waals surface area contributed by atoms with Crippen LogP contribution in [-0.2, 0) is 6.54 Å². The van der Waals surface area contributed by atoms with Gasteiger partial charge in [0.2, 0.25) is 0 Å². The van der Waals surface area contributed by atoms with Gasteiger partial charge in [-0.05, 0) is 37.5 Å². The maximum Gasteiger partial charge on any atom is 0.191 e. The summed E-state index contributed by atoms with van der Waals surface area (Å²) >= 11 is 6.12. The van der Waals surface area contributed by atoms with Gasteiger partial charge in [0.1, 0.15) is 6.54 Å². The van der Waals surface area contributed by atoms with Gasteiger partial charge in [-0.15, -0.1) is 24.0 Å². The molecule has 1 aromatic heterocycles. The Balaban J connectivity index is 0.00000280. The molecule has 1 unspecified atom stereocenters. The topological polar surface area (TPSA) is 65.7 Å². The van der Waals surface area contributed by atoms with Crippen molar-refractivity contribution in [2.24, 2.45) is 4.99 Å². The van der Waals surface area contributed by atoms with Crippen molar-refractivity contribution in [1.82, 2.24) is 15.8 Å². The van der Waals surface area contributed by atoms with E-state index in [0.29, 0.717) is 18.5 Å². The standard InChI is InChI=1S/C20H28ClN5O.HI/c1-4-22-20(23-12-18-11-19(14(2)3)25-27-18)24-16-8-9-26(13-16)17-7-5-6-15(21)10-17;/h5-7,10-11,14,16H,4,8-9,12-13H2,1-3H3,(H2,22,23,24);1H. The third kappa shape index (κ3) is 6.27. The largest absolute Gasteiger partial charge is 0.369 e. The first-order valence-electron chi connectivity index (χ1n) is 9.56. The molecule has 6 nitrogen and oxygen atoms in total. The lowest BCUT2D eigenvalue weighted by atomic mass is 10.1. The minimum absolute atomic E-state index is 0. The van der Waals surface area contributed by atoms with Gasteiger partial charge >= 0.3 is 0 Å². The Labute approximate surface area is 189 Å². The number of hydrogen-bond donors (Lipinski definition) is 2. The van der Waals surface area contributed by atoms with Crippen molar-refractivity contribution >= 4 is 47.2 Å². The van der Waals surface area contributed by atoms with Gasteiger partial charge < -0.3 is 20.1 Å². The van der Waals surface area contributed by atoms with Crippen molar-refractivity contribution in [3.05, 3.63) is 46.8 Å². The molecule has 2 heterocycles. The van der Waals surface area contributed by atoms with Crippen molar-refractivity contribution < 1.29 is 4.52 Å². The molecule has 0 bridgehead atoms. The molecule has 1 saturated heterocycles. The first-order valence-corrected chi connectivity index (χ1v) is 9.93. The molecule has 154 valence electrons. The van der Waals surface area contributed by atoms with Gasteiger partial charge in [0.15, 0.2) is 11.7 Å². The van der Waals surface area contributed by atoms with Crippen LogP contribution in [0.15, 0.2) is 39.8 Å². The van der Waals surface area contributed by atoms with E-state index in [1.165, 1.54) is 0 Å². The molecule has 0 saturated carbocycles. The lowest BCUT2D eigenvalue weighted by Crippen LogP contribution is -2.44. The van der Waals surface area contributed by atoms with Crippen LogP contribution in [-0.4, -0.2) is 36.8 Å². The smallest absolute Gasteiger partial charge is 0.191 e. The fraction of sp³-hybridized carbons (Fsp3) is 0.500. The van der Waals surface area contributed by atoms with Gasteiger partial charge in [0.25, 0.3) is 0 Å². The van der Waals surface area contributed by atoms with E-state index in [1.807, 2.05) is 24.3 Å². The lowest BCUT2D eigenvalue weighted by Gasteiger charge is -2.20. The van der Waals surface area contributed by atoms with E-state index in [9.17, 15) is 0 Å². The summed E-state index contributed by atoms with van der Waals surface area (Å²) in [4.78, 5) is 7.00. The first-order chi connectivity index (χ1) is 13.0. The van der Waals surface area contributed by atoms with Gasteiger partial charge in [0.05, 0.1) is 5.69 Å². The summed E-state index contributed by atoms with van der Waals surface area (Å²) < 4.78 is 5.38. The summed E-state index contributed by atoms with van der Waals surface area (Å²) in [7, 11) is 0. The SMILES string of the molecule is CCNC(=NCc1cc(C(C)C)no1)NC1CCN(c2cccc(Cl)c2)C1.I. The molecule has 2 N–H and O–H groups in total. The molecule has 1 atom stereocenters. The van der Waals surface area contributed by atoms with Gasteiger partial charge in [0, 0.05) is 42.5 Å². The molecule has 0 aliphatic carbocycles. The maximum atomic E-state index is 6.12. The van der Waals surface area contributed by atoms with E-state index < -0.39 is 0 Å². The number of benzene rings is 1. The molecule has 1 aliphatic heterocycles. The van der Waals surface area contributed by atoms with Crippen LogP contribution in [0.25, 0.3) is 0 Å². The molecule has 8 heteroatoms. The number of aromatic nitrogens is 1. The van der Waals surface area contributed by atoms with Crippen molar-refractivity contribution in [1.29, 1.82) is 0 Å². The number of guanidine groups is 1. The number of nitrogens with one attached hydrogen (secondary N) is 2. The summed E-state index contributed by atoms with van der Waals surface area (Å²) in [5.41, 5.74) is 2.13. The third-order valence-corrected chi connectivity index (χ3v) is 4.84. The molecule has 3 rings (SSSR count). The predicted octanol–water partition coefficient (Wildman–Crippen LogP) is 4.40. The number of nitrogens with zero attached hydrogens (tertiary/aromatic N) is 3. The molecule has 0 amide bonds. The molecule has 0 radical (unpaired) electrons. The highest BCUT2D eigenvalue weighted by atomic mass is 127. The molecule has 2 aromatic rings. The Morgan fingerprint density at radius 2 is 2.21 bits per heavy atom. The van der Waals surface area contributed by atoms with Crippen LogP contribution < -0.4 is 15.5 Å². The van der Waals surface area contributed by atoms with E-state index in [1.54, 1.807) is 0 Å². The van der Waals surface area contributed by atoms with Crippen molar-refractivity contribution in [3.8, 4) is 0 Å². The van der Waals surface area contributed by atoms with Crippen LogP contribution in [0.2, 0.25) is 5.02 Å². The molecule has 1 aliphatic rings. The fourth-order valence-electron chi connectivity index (χ4n) is 3.13. The van der Waals surface area contributed by atoms with E-state index in [4.69, 9.17) is 16.1 Å². The second kappa shape index (κ2) is 10.9. The number of anilines is 1. The van der Waals surface area contributed by atoms with E-state index in [0.717, 1.165) is 54.2 Å². The highest BCUT2D eigenvalue weighted by Crippen LogP contribution is 2.23. The Kier molecular flexibility index (Phi) is 8.88. The summed E-state index contributed by atoms with van der Waals surface area (Å²) in [5, 5.41) is 11.7. The molecule has 1 aromatic carbocycles. The van der Waals surface area contributed by atoms with Crippen molar-refractivity contribution in [2.45, 2.75) is 45.7 Å². The molecular weight excluding hydrogens is 489 g/mol. The summed E-state index contributed by atoms with van der Waals surface area (Å²) in [6.07, 6.45) is 1.05. The minimum Gasteiger partial charge on any atom is -0.369 e. The zero-order chi connectivity index (χ0) is 19.2. The third-order valence-electron chi connectivity index (χ3n) is 4.61. The number of aliphatic imine (C=N–C) groups is 1. The van der Waals surface area contributed by atoms with Crippen LogP contribution >= 0.6 is 35.6 Å². The van der Waals surface area contributed by atoms with Gasteiger partial charge in [-0.1, -0.05) is 36.7 Å². The second-order valence-electron chi connectivity index (χ2n) is 7.12. The van der Waals surface area contributed by atoms with Gasteiger partial charge in [-0.25, -0.2) is 4.99 Å². The normalized spacial score (nSPS) is 17.0. The Morgan fingerprint density at radius 3 is 2.89 bits per heavy atom. The number of rotatable bonds is 6. The Bertz CT molecular complexity index is 779. The van der Waals surface area contributed by atoms with Gasteiger partial charge in [-0.3, -0.25) is 0 Å². The van der Waals surface area contributed by atoms with E-state index in [2.05, 4.69) is 52.5 Å². The lowest BCUT2D eigenvalue weighted by molar-refractivity contribution is 0.376. The fourth-order valence-corrected chi connectivity index (χ4v) is 3.32. The Hall–Kier alpha value is -1.48. The zero-order valence-corrected chi connectivity index (χ0v) is 19.7. The average Bonchev–Trinajstić information content (AvgIpc) is 3.29. The molecule has 1 fully saturated rings. The van der Waals surface area contributed by atoms with Crippen molar-refractivity contribution in [2.75, 3.05) is 24.5 Å². The highest BCUT2D eigenvalue weighted by Gasteiger charge is 2.23. The van der Waals surface area contributed by atoms with Gasteiger partial charge in [-0.2, -0.15) is 0 Å². The van der Waals surface area contributed by atoms with E-state index in [-0.39, 0.29) is 24.0 Å². The summed E-state index contributed by atoms with van der Waals surface area (Å²) in [6.45, 7) is 9.46. The quantitative estimate of drug-likeness (QED) is 0.338.